The van der Waals surface area contributed by atoms with E-state index in [4.69, 9.17) is 14.0 Å². The molecular formula is C26H25BrN2O6. The number of ketones is 1. The number of hydrogen-bond acceptors (Lipinski definition) is 7. The van der Waals surface area contributed by atoms with Crippen molar-refractivity contribution in [2.75, 3.05) is 19.1 Å². The van der Waals surface area contributed by atoms with Crippen molar-refractivity contribution in [1.82, 2.24) is 5.16 Å². The fourth-order valence-corrected chi connectivity index (χ4v) is 4.17. The van der Waals surface area contributed by atoms with Crippen molar-refractivity contribution >= 4 is 39.2 Å². The number of anilines is 1. The Balaban J connectivity index is 1.97. The number of halogens is 1. The summed E-state index contributed by atoms with van der Waals surface area (Å²) in [6.45, 7) is 5.84. The van der Waals surface area contributed by atoms with E-state index < -0.39 is 17.7 Å². The van der Waals surface area contributed by atoms with Gasteiger partial charge in [-0.25, -0.2) is 0 Å². The third-order valence-electron chi connectivity index (χ3n) is 5.78. The topological polar surface area (TPSA) is 102 Å². The molecule has 1 aromatic heterocycles. The number of carbonyl (C=O) groups excluding carboxylic acids is 2. The number of aromatic nitrogens is 1. The summed E-state index contributed by atoms with van der Waals surface area (Å²) in [6.07, 6.45) is 0. The highest BCUT2D eigenvalue weighted by Gasteiger charge is 2.49. The molecule has 2 heterocycles. The lowest BCUT2D eigenvalue weighted by Crippen LogP contribution is -2.30. The molecule has 1 N–H and O–H groups in total. The largest absolute Gasteiger partial charge is 0.507 e. The van der Waals surface area contributed by atoms with Gasteiger partial charge in [0.2, 0.25) is 0 Å². The van der Waals surface area contributed by atoms with Crippen LogP contribution < -0.4 is 14.4 Å². The average Bonchev–Trinajstić information content (AvgIpc) is 3.42. The third-order valence-corrected chi connectivity index (χ3v) is 6.31. The van der Waals surface area contributed by atoms with Gasteiger partial charge in [-0.2, -0.15) is 0 Å². The molecule has 0 unspecified atom stereocenters. The summed E-state index contributed by atoms with van der Waals surface area (Å²) in [4.78, 5) is 27.9. The lowest BCUT2D eigenvalue weighted by atomic mass is 9.93. The number of benzene rings is 2. The highest BCUT2D eigenvalue weighted by Crippen LogP contribution is 2.46. The van der Waals surface area contributed by atoms with Crippen LogP contribution in [0.25, 0.3) is 5.76 Å². The summed E-state index contributed by atoms with van der Waals surface area (Å²) in [7, 11) is 3.00. The van der Waals surface area contributed by atoms with E-state index in [1.165, 1.54) is 19.1 Å². The molecule has 4 rings (SSSR count). The molecule has 8 nitrogen and oxygen atoms in total. The van der Waals surface area contributed by atoms with Crippen LogP contribution in [0.15, 0.2) is 63.1 Å². The van der Waals surface area contributed by atoms with Gasteiger partial charge in [0.15, 0.2) is 5.82 Å². The number of hydrogen-bond donors (Lipinski definition) is 1. The minimum Gasteiger partial charge on any atom is -0.507 e. The zero-order valence-corrected chi connectivity index (χ0v) is 21.5. The fourth-order valence-electron chi connectivity index (χ4n) is 3.90. The summed E-state index contributed by atoms with van der Waals surface area (Å²) in [6, 6.07) is 12.4. The third kappa shape index (κ3) is 4.43. The van der Waals surface area contributed by atoms with E-state index in [0.29, 0.717) is 28.4 Å². The lowest BCUT2D eigenvalue weighted by Gasteiger charge is -2.24. The molecular weight excluding hydrogens is 516 g/mol. The molecule has 0 spiro atoms. The van der Waals surface area contributed by atoms with Crippen LogP contribution in [0.3, 0.4) is 0 Å². The quantitative estimate of drug-likeness (QED) is 0.263. The minimum absolute atomic E-state index is 0.0823. The van der Waals surface area contributed by atoms with Crippen LogP contribution >= 0.6 is 15.9 Å². The zero-order chi connectivity index (χ0) is 25.5. The molecule has 0 radical (unpaired) electrons. The smallest absolute Gasteiger partial charge is 0.301 e. The summed E-state index contributed by atoms with van der Waals surface area (Å²) in [5, 5.41) is 15.3. The first-order chi connectivity index (χ1) is 16.6. The van der Waals surface area contributed by atoms with Gasteiger partial charge in [-0.15, -0.1) is 0 Å². The van der Waals surface area contributed by atoms with Crippen molar-refractivity contribution < 1.29 is 28.7 Å². The van der Waals surface area contributed by atoms with E-state index in [1.54, 1.807) is 48.5 Å². The molecule has 1 aliphatic rings. The first-order valence-electron chi connectivity index (χ1n) is 10.8. The Bertz CT molecular complexity index is 1320. The predicted molar refractivity (Wildman–Crippen MR) is 134 cm³/mol. The van der Waals surface area contributed by atoms with Gasteiger partial charge < -0.3 is 19.1 Å². The van der Waals surface area contributed by atoms with Crippen molar-refractivity contribution in [1.29, 1.82) is 0 Å². The van der Waals surface area contributed by atoms with Crippen LogP contribution in [0.5, 0.6) is 11.5 Å². The van der Waals surface area contributed by atoms with Gasteiger partial charge in [0.1, 0.15) is 29.1 Å². The number of methoxy groups -OCH3 is 2. The summed E-state index contributed by atoms with van der Waals surface area (Å²) in [5.74, 6) is -0.360. The normalized spacial score (nSPS) is 17.7. The number of aliphatic hydroxyl groups excluding tert-OH is 1. The van der Waals surface area contributed by atoms with Crippen LogP contribution in [0.2, 0.25) is 0 Å². The van der Waals surface area contributed by atoms with Crippen molar-refractivity contribution in [2.24, 2.45) is 0 Å². The van der Waals surface area contributed by atoms with Gasteiger partial charge in [-0.05, 0) is 24.3 Å². The van der Waals surface area contributed by atoms with E-state index in [1.807, 2.05) is 20.8 Å². The molecule has 0 aliphatic carbocycles. The van der Waals surface area contributed by atoms with E-state index in [-0.39, 0.29) is 22.6 Å². The van der Waals surface area contributed by atoms with Crippen molar-refractivity contribution in [3.63, 3.8) is 0 Å². The first kappa shape index (κ1) is 24.5. The van der Waals surface area contributed by atoms with Gasteiger partial charge in [0.05, 0.1) is 19.8 Å². The maximum atomic E-state index is 13.3. The van der Waals surface area contributed by atoms with Crippen LogP contribution in [-0.2, 0) is 15.0 Å². The van der Waals surface area contributed by atoms with E-state index in [0.717, 1.165) is 4.47 Å². The van der Waals surface area contributed by atoms with E-state index >= 15 is 0 Å². The Kier molecular flexibility index (Phi) is 6.46. The summed E-state index contributed by atoms with van der Waals surface area (Å²) >= 11 is 3.36. The van der Waals surface area contributed by atoms with Crippen LogP contribution in [0.4, 0.5) is 5.82 Å². The maximum absolute atomic E-state index is 13.3. The highest BCUT2D eigenvalue weighted by molar-refractivity contribution is 9.10. The van der Waals surface area contributed by atoms with E-state index in [2.05, 4.69) is 21.1 Å². The Hall–Kier alpha value is -3.59. The Morgan fingerprint density at radius 2 is 1.74 bits per heavy atom. The summed E-state index contributed by atoms with van der Waals surface area (Å²) < 4.78 is 17.2. The number of nitrogens with zero attached hydrogens (tertiary/aromatic N) is 2. The first-order valence-corrected chi connectivity index (χ1v) is 11.6. The molecule has 2 aromatic carbocycles. The Morgan fingerprint density at radius 3 is 2.31 bits per heavy atom. The SMILES string of the molecule is COc1ccc([C@@H]2C(=C(O)c3ccc(Br)cc3)C(=O)C(=O)N2c2cc(C(C)(C)C)on2)c(OC)c1. The number of carbonyl (C=O) groups is 2. The summed E-state index contributed by atoms with van der Waals surface area (Å²) in [5.41, 5.74) is 0.413. The number of rotatable bonds is 5. The minimum atomic E-state index is -1.02. The van der Waals surface area contributed by atoms with Crippen LogP contribution in [0.1, 0.15) is 43.7 Å². The van der Waals surface area contributed by atoms with Crippen LogP contribution in [0, 0.1) is 0 Å². The fraction of sp³-hybridized carbons (Fsp3) is 0.269. The second kappa shape index (κ2) is 9.22. The zero-order valence-electron chi connectivity index (χ0n) is 20.0. The van der Waals surface area contributed by atoms with E-state index in [9.17, 15) is 14.7 Å². The van der Waals surface area contributed by atoms with Crippen molar-refractivity contribution in [3.8, 4) is 11.5 Å². The molecule has 0 bridgehead atoms. The molecule has 1 atom stereocenters. The maximum Gasteiger partial charge on any atom is 0.301 e. The Morgan fingerprint density at radius 1 is 1.06 bits per heavy atom. The van der Waals surface area contributed by atoms with Gasteiger partial charge in [-0.1, -0.05) is 54.0 Å². The molecule has 1 amide bonds. The van der Waals surface area contributed by atoms with Gasteiger partial charge >= 0.3 is 5.91 Å². The monoisotopic (exact) mass is 540 g/mol. The molecule has 1 aliphatic heterocycles. The van der Waals surface area contributed by atoms with Gasteiger partial charge in [-0.3, -0.25) is 14.5 Å². The Labute approximate surface area is 211 Å². The second-order valence-electron chi connectivity index (χ2n) is 9.08. The standard InChI is InChI=1S/C26H25BrN2O6/c1-26(2,3)19-13-20(28-35-19)29-22(17-11-10-16(33-4)12-18(17)34-5)21(24(31)25(29)32)23(30)14-6-8-15(27)9-7-14/h6-13,22,30H,1-5H3/t22-/m1/s1. The molecule has 1 saturated heterocycles. The number of ether oxygens (including phenoxy) is 2. The average molecular weight is 541 g/mol. The molecule has 0 saturated carbocycles. The van der Waals surface area contributed by atoms with Gasteiger partial charge in [0.25, 0.3) is 5.78 Å². The molecule has 182 valence electrons. The number of Topliss-reactive ketones (excluding diaryl/α,β-unsaturated/α-hetero) is 1. The van der Waals surface area contributed by atoms with Gasteiger partial charge in [0, 0.05) is 33.1 Å². The lowest BCUT2D eigenvalue weighted by molar-refractivity contribution is -0.132. The highest BCUT2D eigenvalue weighted by atomic mass is 79.9. The second-order valence-corrected chi connectivity index (χ2v) is 10.00. The van der Waals surface area contributed by atoms with Crippen molar-refractivity contribution in [2.45, 2.75) is 32.2 Å². The molecule has 1 fully saturated rings. The van der Waals surface area contributed by atoms with Crippen LogP contribution in [-0.4, -0.2) is 36.2 Å². The number of amides is 1. The number of aliphatic hydroxyl groups is 1. The van der Waals surface area contributed by atoms with Crippen molar-refractivity contribution in [3.05, 3.63) is 75.5 Å². The molecule has 9 heteroatoms. The molecule has 3 aromatic rings. The predicted octanol–water partition coefficient (Wildman–Crippen LogP) is 5.38. The molecule has 35 heavy (non-hydrogen) atoms.